The molecule has 182 valence electrons. The Hall–Kier alpha value is -3.18. The van der Waals surface area contributed by atoms with Crippen LogP contribution in [0, 0.1) is 5.82 Å². The summed E-state index contributed by atoms with van der Waals surface area (Å²) in [5.74, 6) is -0.654. The third-order valence-corrected chi connectivity index (χ3v) is 6.76. The van der Waals surface area contributed by atoms with Crippen LogP contribution >= 0.6 is 11.6 Å². The lowest BCUT2D eigenvalue weighted by atomic mass is 10.0. The van der Waals surface area contributed by atoms with Crippen molar-refractivity contribution in [3.8, 4) is 0 Å². The molecule has 0 saturated heterocycles. The van der Waals surface area contributed by atoms with E-state index in [4.69, 9.17) is 11.6 Å². The molecule has 1 unspecified atom stereocenters. The molecule has 2 amide bonds. The van der Waals surface area contributed by atoms with Gasteiger partial charge < -0.3 is 10.2 Å². The maximum Gasteiger partial charge on any atom is 0.243 e. The van der Waals surface area contributed by atoms with E-state index in [0.717, 1.165) is 42.4 Å². The van der Waals surface area contributed by atoms with Crippen LogP contribution in [0.1, 0.15) is 42.4 Å². The van der Waals surface area contributed by atoms with Crippen molar-refractivity contribution < 1.29 is 14.0 Å². The van der Waals surface area contributed by atoms with Gasteiger partial charge >= 0.3 is 0 Å². The number of benzene rings is 3. The van der Waals surface area contributed by atoms with Crippen LogP contribution in [-0.4, -0.2) is 28.8 Å². The summed E-state index contributed by atoms with van der Waals surface area (Å²) >= 11 is 6.02. The van der Waals surface area contributed by atoms with E-state index < -0.39 is 6.04 Å². The number of carbonyl (C=O) groups excluding carboxylic acids is 2. The molecule has 1 N–H and O–H groups in total. The molecule has 3 aromatic rings. The van der Waals surface area contributed by atoms with Gasteiger partial charge in [0.2, 0.25) is 11.8 Å². The summed E-state index contributed by atoms with van der Waals surface area (Å²) in [7, 11) is 0. The van der Waals surface area contributed by atoms with Gasteiger partial charge in [0.05, 0.1) is 6.42 Å². The second kappa shape index (κ2) is 12.0. The Labute approximate surface area is 211 Å². The predicted octanol–water partition coefficient (Wildman–Crippen LogP) is 5.72. The minimum Gasteiger partial charge on any atom is -0.352 e. The Morgan fingerprint density at radius 3 is 2.17 bits per heavy atom. The summed E-state index contributed by atoms with van der Waals surface area (Å²) in [6.07, 6.45) is 4.65. The van der Waals surface area contributed by atoms with Gasteiger partial charge in [-0.3, -0.25) is 9.59 Å². The molecule has 0 aromatic heterocycles. The maximum atomic E-state index is 13.7. The lowest BCUT2D eigenvalue weighted by Gasteiger charge is -2.32. The molecule has 4 nitrogen and oxygen atoms in total. The van der Waals surface area contributed by atoms with Gasteiger partial charge in [0.15, 0.2) is 0 Å². The van der Waals surface area contributed by atoms with E-state index in [1.165, 1.54) is 12.1 Å². The zero-order chi connectivity index (χ0) is 24.6. The number of hydrogen-bond acceptors (Lipinski definition) is 2. The van der Waals surface area contributed by atoms with Gasteiger partial charge in [0.25, 0.3) is 0 Å². The molecule has 1 aliphatic carbocycles. The first-order chi connectivity index (χ1) is 17.0. The molecule has 0 aliphatic heterocycles. The van der Waals surface area contributed by atoms with Gasteiger partial charge in [-0.1, -0.05) is 79.0 Å². The molecule has 3 aromatic carbocycles. The monoisotopic (exact) mass is 492 g/mol. The molecule has 1 saturated carbocycles. The molecule has 0 heterocycles. The lowest BCUT2D eigenvalue weighted by molar-refractivity contribution is -0.141. The van der Waals surface area contributed by atoms with E-state index in [2.05, 4.69) is 5.32 Å². The standard InChI is InChI=1S/C29H30ClFN2O2/c30-24-14-10-22(11-15-24)19-28(34)33(20-23-12-16-25(31)17-13-23)27(18-21-6-2-1-3-7-21)29(35)32-26-8-4-5-9-26/h1-3,6-7,10-17,26-27H,4-5,8-9,18-20H2,(H,32,35). The fraction of sp³-hybridized carbons (Fsp3) is 0.310. The average Bonchev–Trinajstić information content (AvgIpc) is 3.37. The van der Waals surface area contributed by atoms with E-state index >= 15 is 0 Å². The van der Waals surface area contributed by atoms with Crippen LogP contribution in [0.2, 0.25) is 5.02 Å². The van der Waals surface area contributed by atoms with Crippen molar-refractivity contribution in [2.45, 2.75) is 57.2 Å². The van der Waals surface area contributed by atoms with Crippen LogP contribution in [0.25, 0.3) is 0 Å². The van der Waals surface area contributed by atoms with Gasteiger partial charge in [-0.2, -0.15) is 0 Å². The zero-order valence-corrected chi connectivity index (χ0v) is 20.4. The number of nitrogens with zero attached hydrogens (tertiary/aromatic N) is 1. The van der Waals surface area contributed by atoms with Crippen molar-refractivity contribution >= 4 is 23.4 Å². The van der Waals surface area contributed by atoms with Crippen molar-refractivity contribution in [1.82, 2.24) is 10.2 Å². The first-order valence-electron chi connectivity index (χ1n) is 12.1. The fourth-order valence-electron chi connectivity index (χ4n) is 4.59. The van der Waals surface area contributed by atoms with Gasteiger partial charge in [0, 0.05) is 24.0 Å². The van der Waals surface area contributed by atoms with Crippen LogP contribution in [0.3, 0.4) is 0 Å². The van der Waals surface area contributed by atoms with Gasteiger partial charge in [-0.05, 0) is 53.8 Å². The van der Waals surface area contributed by atoms with Crippen LogP contribution in [0.15, 0.2) is 78.9 Å². The number of hydrogen-bond donors (Lipinski definition) is 1. The van der Waals surface area contributed by atoms with Crippen molar-refractivity contribution in [3.05, 3.63) is 106 Å². The fourth-order valence-corrected chi connectivity index (χ4v) is 4.71. The van der Waals surface area contributed by atoms with Crippen molar-refractivity contribution in [1.29, 1.82) is 0 Å². The van der Waals surface area contributed by atoms with Crippen molar-refractivity contribution in [2.24, 2.45) is 0 Å². The molecule has 0 spiro atoms. The highest BCUT2D eigenvalue weighted by molar-refractivity contribution is 6.30. The van der Waals surface area contributed by atoms with E-state index in [1.807, 2.05) is 42.5 Å². The topological polar surface area (TPSA) is 49.4 Å². The van der Waals surface area contributed by atoms with Crippen molar-refractivity contribution in [2.75, 3.05) is 0 Å². The number of rotatable bonds is 9. The summed E-state index contributed by atoms with van der Waals surface area (Å²) in [4.78, 5) is 28.9. The number of halogens is 2. The van der Waals surface area contributed by atoms with Crippen molar-refractivity contribution in [3.63, 3.8) is 0 Å². The second-order valence-corrected chi connectivity index (χ2v) is 9.58. The first kappa shape index (κ1) is 24.9. The van der Waals surface area contributed by atoms with Crippen LogP contribution in [0.4, 0.5) is 4.39 Å². The second-order valence-electron chi connectivity index (χ2n) is 9.15. The Kier molecular flexibility index (Phi) is 8.54. The van der Waals surface area contributed by atoms with Crippen LogP contribution in [0.5, 0.6) is 0 Å². The number of amides is 2. The van der Waals surface area contributed by atoms with E-state index in [-0.39, 0.29) is 36.6 Å². The Morgan fingerprint density at radius 2 is 1.51 bits per heavy atom. The molecule has 1 atom stereocenters. The molecule has 4 rings (SSSR count). The van der Waals surface area contributed by atoms with Gasteiger partial charge in [-0.25, -0.2) is 4.39 Å². The number of carbonyl (C=O) groups is 2. The molecule has 0 radical (unpaired) electrons. The summed E-state index contributed by atoms with van der Waals surface area (Å²) in [5, 5.41) is 3.79. The third-order valence-electron chi connectivity index (χ3n) is 6.51. The number of nitrogens with one attached hydrogen (secondary N) is 1. The summed E-state index contributed by atoms with van der Waals surface area (Å²) in [6, 6.07) is 22.4. The van der Waals surface area contributed by atoms with Crippen LogP contribution in [-0.2, 0) is 29.0 Å². The molecule has 1 fully saturated rings. The zero-order valence-electron chi connectivity index (χ0n) is 19.6. The highest BCUT2D eigenvalue weighted by Crippen LogP contribution is 2.21. The Morgan fingerprint density at radius 1 is 0.886 bits per heavy atom. The largest absolute Gasteiger partial charge is 0.352 e. The molecule has 6 heteroatoms. The highest BCUT2D eigenvalue weighted by atomic mass is 35.5. The normalized spacial score (nSPS) is 14.5. The van der Waals surface area contributed by atoms with E-state index in [0.29, 0.717) is 11.4 Å². The Bertz CT molecular complexity index is 1110. The quantitative estimate of drug-likeness (QED) is 0.415. The molecule has 35 heavy (non-hydrogen) atoms. The Balaban J connectivity index is 1.64. The molecule has 0 bridgehead atoms. The minimum atomic E-state index is -0.692. The third kappa shape index (κ3) is 7.15. The maximum absolute atomic E-state index is 13.7. The molecular weight excluding hydrogens is 463 g/mol. The lowest BCUT2D eigenvalue weighted by Crippen LogP contribution is -2.52. The minimum absolute atomic E-state index is 0.139. The smallest absolute Gasteiger partial charge is 0.243 e. The summed E-state index contributed by atoms with van der Waals surface area (Å²) < 4.78 is 13.5. The van der Waals surface area contributed by atoms with Gasteiger partial charge in [0.1, 0.15) is 11.9 Å². The summed E-state index contributed by atoms with van der Waals surface area (Å²) in [6.45, 7) is 0.211. The predicted molar refractivity (Wildman–Crippen MR) is 136 cm³/mol. The summed E-state index contributed by atoms with van der Waals surface area (Å²) in [5.41, 5.74) is 2.56. The highest BCUT2D eigenvalue weighted by Gasteiger charge is 2.32. The van der Waals surface area contributed by atoms with Gasteiger partial charge in [-0.15, -0.1) is 0 Å². The molecular formula is C29H30ClFN2O2. The van der Waals surface area contributed by atoms with E-state index in [9.17, 15) is 14.0 Å². The SMILES string of the molecule is O=C(NC1CCCC1)C(Cc1ccccc1)N(Cc1ccc(F)cc1)C(=O)Cc1ccc(Cl)cc1. The first-order valence-corrected chi connectivity index (χ1v) is 12.5. The molecule has 1 aliphatic rings. The van der Waals surface area contributed by atoms with Crippen LogP contribution < -0.4 is 5.32 Å². The van der Waals surface area contributed by atoms with E-state index in [1.54, 1.807) is 29.2 Å². The average molecular weight is 493 g/mol.